The summed E-state index contributed by atoms with van der Waals surface area (Å²) in [7, 11) is 0. The quantitative estimate of drug-likeness (QED) is 0.762. The Bertz CT molecular complexity index is 816. The summed E-state index contributed by atoms with van der Waals surface area (Å²) in [6.07, 6.45) is 3.07. The van der Waals surface area contributed by atoms with Crippen LogP contribution in [-0.4, -0.2) is 28.1 Å². The smallest absolute Gasteiger partial charge is 0.116 e. The van der Waals surface area contributed by atoms with Gasteiger partial charge in [-0.3, -0.25) is 9.88 Å². The van der Waals surface area contributed by atoms with Gasteiger partial charge in [0.25, 0.3) is 0 Å². The second kappa shape index (κ2) is 6.75. The molecule has 122 valence electrons. The van der Waals surface area contributed by atoms with Gasteiger partial charge in [0.05, 0.1) is 5.69 Å². The Hall–Kier alpha value is -2.17. The molecule has 1 aliphatic rings. The minimum absolute atomic E-state index is 0.280. The van der Waals surface area contributed by atoms with Crippen molar-refractivity contribution in [2.24, 2.45) is 0 Å². The lowest BCUT2D eigenvalue weighted by Crippen LogP contribution is -2.19. The van der Waals surface area contributed by atoms with E-state index in [1.54, 1.807) is 23.5 Å². The van der Waals surface area contributed by atoms with E-state index in [9.17, 15) is 5.11 Å². The Balaban J connectivity index is 1.50. The van der Waals surface area contributed by atoms with Crippen LogP contribution < -0.4 is 0 Å². The molecule has 3 aromatic rings. The number of thiophene rings is 1. The highest BCUT2D eigenvalue weighted by atomic mass is 32.1. The lowest BCUT2D eigenvalue weighted by atomic mass is 9.97. The summed E-state index contributed by atoms with van der Waals surface area (Å²) < 4.78 is 0. The molecule has 0 saturated carbocycles. The Labute approximate surface area is 146 Å². The highest BCUT2D eigenvalue weighted by molar-refractivity contribution is 7.07. The fourth-order valence-corrected chi connectivity index (χ4v) is 4.07. The average Bonchev–Trinajstić information content (AvgIpc) is 3.27. The fraction of sp³-hybridized carbons (Fsp3) is 0.250. The molecule has 1 fully saturated rings. The van der Waals surface area contributed by atoms with Crippen molar-refractivity contribution >= 4 is 11.3 Å². The SMILES string of the molecule is Oc1cccc(-c2cc([C@H]3CCN(Cc4ccsc4)C3)ccn2)c1. The Kier molecular flexibility index (Phi) is 4.32. The van der Waals surface area contributed by atoms with Gasteiger partial charge in [0.15, 0.2) is 0 Å². The van der Waals surface area contributed by atoms with E-state index in [4.69, 9.17) is 0 Å². The number of likely N-dealkylation sites (tertiary alicyclic amines) is 1. The van der Waals surface area contributed by atoms with Crippen LogP contribution in [0.2, 0.25) is 0 Å². The molecule has 1 aliphatic heterocycles. The summed E-state index contributed by atoms with van der Waals surface area (Å²) in [5, 5.41) is 14.1. The van der Waals surface area contributed by atoms with Crippen molar-refractivity contribution < 1.29 is 5.11 Å². The molecule has 4 heteroatoms. The number of hydrogen-bond donors (Lipinski definition) is 1. The van der Waals surface area contributed by atoms with Crippen LogP contribution in [0.4, 0.5) is 0 Å². The molecule has 1 aromatic carbocycles. The number of hydrogen-bond acceptors (Lipinski definition) is 4. The summed E-state index contributed by atoms with van der Waals surface area (Å²) in [5.41, 5.74) is 4.65. The van der Waals surface area contributed by atoms with Gasteiger partial charge in [-0.2, -0.15) is 11.3 Å². The lowest BCUT2D eigenvalue weighted by molar-refractivity contribution is 0.327. The first-order chi connectivity index (χ1) is 11.8. The molecule has 0 aliphatic carbocycles. The summed E-state index contributed by atoms with van der Waals surface area (Å²) in [5.74, 6) is 0.838. The maximum Gasteiger partial charge on any atom is 0.116 e. The number of phenols is 1. The van der Waals surface area contributed by atoms with E-state index >= 15 is 0 Å². The molecule has 3 nitrogen and oxygen atoms in total. The van der Waals surface area contributed by atoms with Gasteiger partial charge in [-0.15, -0.1) is 0 Å². The van der Waals surface area contributed by atoms with E-state index in [-0.39, 0.29) is 5.75 Å². The second-order valence-corrected chi connectivity index (χ2v) is 7.16. The summed E-state index contributed by atoms with van der Waals surface area (Å²) in [6, 6.07) is 13.8. The molecular weight excluding hydrogens is 316 g/mol. The molecule has 0 unspecified atom stereocenters. The van der Waals surface area contributed by atoms with Crippen LogP contribution in [0.25, 0.3) is 11.3 Å². The molecule has 3 heterocycles. The first-order valence-electron chi connectivity index (χ1n) is 8.27. The van der Waals surface area contributed by atoms with Crippen LogP contribution in [0.1, 0.15) is 23.5 Å². The fourth-order valence-electron chi connectivity index (χ4n) is 3.41. The largest absolute Gasteiger partial charge is 0.508 e. The Morgan fingerprint density at radius 3 is 3.00 bits per heavy atom. The van der Waals surface area contributed by atoms with Gasteiger partial charge >= 0.3 is 0 Å². The summed E-state index contributed by atoms with van der Waals surface area (Å²) in [6.45, 7) is 3.29. The molecule has 0 bridgehead atoms. The highest BCUT2D eigenvalue weighted by Crippen LogP contribution is 2.31. The number of aromatic nitrogens is 1. The van der Waals surface area contributed by atoms with E-state index in [2.05, 4.69) is 38.8 Å². The van der Waals surface area contributed by atoms with Crippen LogP contribution >= 0.6 is 11.3 Å². The standard InChI is InChI=1S/C20H20N2OS/c23-19-3-1-2-17(10-19)20-11-16(4-7-21-20)18-5-8-22(13-18)12-15-6-9-24-14-15/h1-4,6-7,9-11,14,18,23H,5,8,12-13H2/t18-/m0/s1. The van der Waals surface area contributed by atoms with Gasteiger partial charge in [0.1, 0.15) is 5.75 Å². The second-order valence-electron chi connectivity index (χ2n) is 6.38. The molecule has 0 radical (unpaired) electrons. The third-order valence-electron chi connectivity index (χ3n) is 4.66. The van der Waals surface area contributed by atoms with Gasteiger partial charge in [0.2, 0.25) is 0 Å². The van der Waals surface area contributed by atoms with Crippen molar-refractivity contribution in [3.63, 3.8) is 0 Å². The molecular formula is C20H20N2OS. The highest BCUT2D eigenvalue weighted by Gasteiger charge is 2.24. The van der Waals surface area contributed by atoms with Gasteiger partial charge in [-0.05, 0) is 71.1 Å². The predicted octanol–water partition coefficient (Wildman–Crippen LogP) is 4.51. The van der Waals surface area contributed by atoms with Crippen molar-refractivity contribution in [2.75, 3.05) is 13.1 Å². The normalized spacial score (nSPS) is 18.1. The number of pyridine rings is 1. The molecule has 24 heavy (non-hydrogen) atoms. The van der Waals surface area contributed by atoms with Crippen molar-refractivity contribution in [1.82, 2.24) is 9.88 Å². The van der Waals surface area contributed by atoms with Crippen LogP contribution in [0.5, 0.6) is 5.75 Å². The van der Waals surface area contributed by atoms with Crippen LogP contribution in [0, 0.1) is 0 Å². The molecule has 1 N–H and O–H groups in total. The first-order valence-corrected chi connectivity index (χ1v) is 9.21. The number of benzene rings is 1. The monoisotopic (exact) mass is 336 g/mol. The van der Waals surface area contributed by atoms with Crippen molar-refractivity contribution in [1.29, 1.82) is 0 Å². The molecule has 1 atom stereocenters. The number of nitrogens with zero attached hydrogens (tertiary/aromatic N) is 2. The maximum atomic E-state index is 9.68. The van der Waals surface area contributed by atoms with E-state index < -0.39 is 0 Å². The maximum absolute atomic E-state index is 9.68. The van der Waals surface area contributed by atoms with E-state index in [1.165, 1.54) is 17.5 Å². The number of aromatic hydroxyl groups is 1. The zero-order valence-electron chi connectivity index (χ0n) is 13.4. The summed E-state index contributed by atoms with van der Waals surface area (Å²) in [4.78, 5) is 7.01. The number of phenolic OH excluding ortho intramolecular Hbond substituents is 1. The first kappa shape index (κ1) is 15.4. The van der Waals surface area contributed by atoms with Gasteiger partial charge < -0.3 is 5.11 Å². The summed E-state index contributed by atoms with van der Waals surface area (Å²) >= 11 is 1.77. The topological polar surface area (TPSA) is 36.4 Å². The van der Waals surface area contributed by atoms with E-state index in [0.717, 1.165) is 30.9 Å². The van der Waals surface area contributed by atoms with Crippen molar-refractivity contribution in [2.45, 2.75) is 18.9 Å². The molecule has 0 amide bonds. The average molecular weight is 336 g/mol. The zero-order chi connectivity index (χ0) is 16.4. The van der Waals surface area contributed by atoms with E-state index in [1.807, 2.05) is 18.3 Å². The van der Waals surface area contributed by atoms with Crippen LogP contribution in [-0.2, 0) is 6.54 Å². The molecule has 2 aromatic heterocycles. The minimum Gasteiger partial charge on any atom is -0.508 e. The molecule has 1 saturated heterocycles. The molecule has 4 rings (SSSR count). The predicted molar refractivity (Wildman–Crippen MR) is 98.3 cm³/mol. The zero-order valence-corrected chi connectivity index (χ0v) is 14.2. The van der Waals surface area contributed by atoms with Gasteiger partial charge in [-0.25, -0.2) is 0 Å². The Morgan fingerprint density at radius 2 is 2.17 bits per heavy atom. The van der Waals surface area contributed by atoms with Crippen LogP contribution in [0.3, 0.4) is 0 Å². The van der Waals surface area contributed by atoms with E-state index in [0.29, 0.717) is 5.92 Å². The molecule has 0 spiro atoms. The Morgan fingerprint density at radius 1 is 1.21 bits per heavy atom. The van der Waals surface area contributed by atoms with Gasteiger partial charge in [0, 0.05) is 24.8 Å². The number of rotatable bonds is 4. The lowest BCUT2D eigenvalue weighted by Gasteiger charge is -2.15. The van der Waals surface area contributed by atoms with Gasteiger partial charge in [-0.1, -0.05) is 12.1 Å². The third-order valence-corrected chi connectivity index (χ3v) is 5.39. The van der Waals surface area contributed by atoms with Crippen molar-refractivity contribution in [3.8, 4) is 17.0 Å². The third kappa shape index (κ3) is 3.35. The van der Waals surface area contributed by atoms with Crippen LogP contribution in [0.15, 0.2) is 59.4 Å². The minimum atomic E-state index is 0.280. The van der Waals surface area contributed by atoms with Crippen molar-refractivity contribution in [3.05, 3.63) is 70.5 Å².